The zero-order valence-electron chi connectivity index (χ0n) is 24.7. The molecule has 4 aromatic rings. The minimum Gasteiger partial charge on any atom is -0.495 e. The Morgan fingerprint density at radius 3 is 1.30 bits per heavy atom. The normalized spacial score (nSPS) is 16.8. The van der Waals surface area contributed by atoms with Crippen molar-refractivity contribution in [2.45, 2.75) is 9.79 Å². The lowest BCUT2D eigenvalue weighted by Crippen LogP contribution is -2.31. The number of ether oxygens (including phenoxy) is 2. The number of anilines is 2. The van der Waals surface area contributed by atoms with Gasteiger partial charge in [0.1, 0.15) is 11.5 Å². The van der Waals surface area contributed by atoms with Crippen LogP contribution < -0.4 is 20.1 Å². The van der Waals surface area contributed by atoms with Crippen molar-refractivity contribution in [2.75, 3.05) is 24.9 Å². The van der Waals surface area contributed by atoms with Crippen LogP contribution in [0.5, 0.6) is 11.5 Å². The maximum Gasteiger partial charge on any atom is 0.243 e. The molecule has 236 valence electrons. The zero-order chi connectivity index (χ0) is 33.6. The second-order valence-corrected chi connectivity index (χ2v) is 12.6. The van der Waals surface area contributed by atoms with E-state index in [0.29, 0.717) is 11.5 Å². The van der Waals surface area contributed by atoms with Crippen molar-refractivity contribution in [3.05, 3.63) is 107 Å². The quantitative estimate of drug-likeness (QED) is 0.266. The first-order valence-electron chi connectivity index (χ1n) is 14.1. The van der Waals surface area contributed by atoms with E-state index < -0.39 is 56.6 Å². The first kappa shape index (κ1) is 31.0. The molecule has 2 atom stereocenters. The van der Waals surface area contributed by atoms with E-state index in [0.717, 1.165) is 36.4 Å². The lowest BCUT2D eigenvalue weighted by Gasteiger charge is -2.12. The molecule has 0 spiro atoms. The highest BCUT2D eigenvalue weighted by atomic mass is 32.2. The fraction of sp³-hybridized carbons (Fsp3) is 0.118. The highest BCUT2D eigenvalue weighted by Crippen LogP contribution is 2.35. The average molecular weight is 653 g/mol. The van der Waals surface area contributed by atoms with E-state index in [4.69, 9.17) is 9.47 Å². The van der Waals surface area contributed by atoms with E-state index in [-0.39, 0.29) is 43.4 Å². The fourth-order valence-corrected chi connectivity index (χ4v) is 6.91. The molecule has 0 radical (unpaired) electrons. The summed E-state index contributed by atoms with van der Waals surface area (Å²) in [6.45, 7) is 0. The van der Waals surface area contributed by atoms with Crippen molar-refractivity contribution in [1.29, 1.82) is 0 Å². The number of nitrogens with one attached hydrogen (secondary N) is 2. The molecule has 0 aromatic heterocycles. The molecule has 2 N–H and O–H groups in total. The summed E-state index contributed by atoms with van der Waals surface area (Å²) in [5.41, 5.74) is -0.262. The number of Topliss-reactive ketones (excluding diaryl/α,β-unsaturated/α-hetero) is 4. The Balaban J connectivity index is 1.26. The molecule has 47 heavy (non-hydrogen) atoms. The van der Waals surface area contributed by atoms with E-state index in [1.807, 2.05) is 0 Å². The van der Waals surface area contributed by atoms with Crippen molar-refractivity contribution >= 4 is 56.2 Å². The van der Waals surface area contributed by atoms with Gasteiger partial charge in [-0.3, -0.25) is 28.8 Å². The summed E-state index contributed by atoms with van der Waals surface area (Å²) >= 11 is 0. The maximum absolute atomic E-state index is 13.7. The predicted molar refractivity (Wildman–Crippen MR) is 166 cm³/mol. The monoisotopic (exact) mass is 652 g/mol. The minimum atomic E-state index is -4.42. The van der Waals surface area contributed by atoms with E-state index in [9.17, 15) is 37.2 Å². The van der Waals surface area contributed by atoms with Crippen LogP contribution in [0, 0.1) is 11.8 Å². The summed E-state index contributed by atoms with van der Waals surface area (Å²) in [5.74, 6) is -8.02. The summed E-state index contributed by atoms with van der Waals surface area (Å²) in [6.07, 6.45) is 0. The molecule has 2 aliphatic rings. The Labute approximate surface area is 267 Å². The van der Waals surface area contributed by atoms with Gasteiger partial charge in [-0.1, -0.05) is 24.3 Å². The van der Waals surface area contributed by atoms with Crippen LogP contribution in [0.4, 0.5) is 11.4 Å². The number of benzene rings is 4. The predicted octanol–water partition coefficient (Wildman–Crippen LogP) is 3.80. The third-order valence-electron chi connectivity index (χ3n) is 7.97. The van der Waals surface area contributed by atoms with Crippen LogP contribution in [0.25, 0.3) is 0 Å². The number of rotatable bonds is 8. The van der Waals surface area contributed by atoms with E-state index >= 15 is 0 Å². The second-order valence-electron chi connectivity index (χ2n) is 10.6. The van der Waals surface area contributed by atoms with Crippen molar-refractivity contribution < 1.29 is 46.7 Å². The van der Waals surface area contributed by atoms with Gasteiger partial charge in [-0.25, -0.2) is 8.42 Å². The molecule has 6 rings (SSSR count). The van der Waals surface area contributed by atoms with Crippen LogP contribution in [0.15, 0.2) is 94.7 Å². The molecular formula is C34H24N2O10S. The molecule has 0 heterocycles. The SMILES string of the molecule is COc1ccccc1NC(=O)C1C(=O)c2ccc(S(=O)(=O)c3ccc4c(c3)C(=O)C(C(=O)Nc3ccccc3OC)C4=O)cc2C1=O. The van der Waals surface area contributed by atoms with Crippen LogP contribution in [0.2, 0.25) is 0 Å². The molecule has 0 saturated heterocycles. The molecule has 0 saturated carbocycles. The van der Waals surface area contributed by atoms with Gasteiger partial charge in [-0.2, -0.15) is 0 Å². The van der Waals surface area contributed by atoms with Gasteiger partial charge in [0.15, 0.2) is 35.0 Å². The Morgan fingerprint density at radius 2 is 0.915 bits per heavy atom. The van der Waals surface area contributed by atoms with E-state index in [1.165, 1.54) is 26.4 Å². The van der Waals surface area contributed by atoms with E-state index in [2.05, 4.69) is 10.6 Å². The maximum atomic E-state index is 13.7. The van der Waals surface area contributed by atoms with Crippen LogP contribution >= 0.6 is 0 Å². The smallest absolute Gasteiger partial charge is 0.243 e. The molecule has 0 bridgehead atoms. The topological polar surface area (TPSA) is 179 Å². The van der Waals surface area contributed by atoms with Gasteiger partial charge in [0.2, 0.25) is 21.7 Å². The van der Waals surface area contributed by atoms with Crippen LogP contribution in [-0.2, 0) is 19.4 Å². The van der Waals surface area contributed by atoms with Gasteiger partial charge < -0.3 is 20.1 Å². The third kappa shape index (κ3) is 5.16. The molecular weight excluding hydrogens is 628 g/mol. The summed E-state index contributed by atoms with van der Waals surface area (Å²) in [4.78, 5) is 78.0. The fourth-order valence-electron chi connectivity index (χ4n) is 5.60. The number of carbonyl (C=O) groups is 6. The van der Waals surface area contributed by atoms with Crippen molar-refractivity contribution in [3.8, 4) is 11.5 Å². The van der Waals surface area contributed by atoms with Crippen molar-refractivity contribution in [3.63, 3.8) is 0 Å². The number of ketones is 4. The van der Waals surface area contributed by atoms with Gasteiger partial charge in [0, 0.05) is 22.3 Å². The lowest BCUT2D eigenvalue weighted by atomic mass is 10.0. The van der Waals surface area contributed by atoms with Crippen LogP contribution in [0.1, 0.15) is 41.4 Å². The first-order valence-corrected chi connectivity index (χ1v) is 15.5. The minimum absolute atomic E-state index is 0.118. The second kappa shape index (κ2) is 11.8. The third-order valence-corrected chi connectivity index (χ3v) is 9.72. The van der Waals surface area contributed by atoms with Gasteiger partial charge >= 0.3 is 0 Å². The number of methoxy groups -OCH3 is 2. The number of hydrogen-bond donors (Lipinski definition) is 2. The summed E-state index contributed by atoms with van der Waals surface area (Å²) < 4.78 is 37.8. The van der Waals surface area contributed by atoms with Crippen LogP contribution in [-0.4, -0.2) is 57.6 Å². The number of hydrogen-bond acceptors (Lipinski definition) is 10. The van der Waals surface area contributed by atoms with Gasteiger partial charge in [0.25, 0.3) is 0 Å². The lowest BCUT2D eigenvalue weighted by molar-refractivity contribution is -0.118. The van der Waals surface area contributed by atoms with Crippen molar-refractivity contribution in [1.82, 2.24) is 0 Å². The number of sulfone groups is 1. The Kier molecular flexibility index (Phi) is 7.77. The standard InChI is InChI=1S/C34H24N2O10S/c1-45-25-9-5-3-7-23(25)35-33(41)27-29(37)19-13-11-17(15-21(19)31(27)39)47(43,44)18-12-14-20-22(16-18)32(40)28(30(20)38)34(42)36-24-8-4-6-10-26(24)46-2/h3-16,27-28H,1-2H3,(H,35,41)(H,36,42). The van der Waals surface area contributed by atoms with Gasteiger partial charge in [-0.15, -0.1) is 0 Å². The first-order chi connectivity index (χ1) is 22.5. The van der Waals surface area contributed by atoms with E-state index in [1.54, 1.807) is 36.4 Å². The van der Waals surface area contributed by atoms with Gasteiger partial charge in [0.05, 0.1) is 35.4 Å². The molecule has 2 amide bonds. The average Bonchev–Trinajstić information content (AvgIpc) is 3.48. The largest absolute Gasteiger partial charge is 0.495 e. The van der Waals surface area contributed by atoms with Crippen molar-refractivity contribution in [2.24, 2.45) is 11.8 Å². The summed E-state index contributed by atoms with van der Waals surface area (Å²) in [6, 6.07) is 19.4. The number of amides is 2. The molecule has 13 heteroatoms. The highest BCUT2D eigenvalue weighted by Gasteiger charge is 2.46. The molecule has 0 aliphatic heterocycles. The number of carbonyl (C=O) groups excluding carboxylic acids is 6. The Morgan fingerprint density at radius 1 is 0.553 bits per heavy atom. The molecule has 2 unspecified atom stereocenters. The Hall–Kier alpha value is -5.95. The summed E-state index contributed by atoms with van der Waals surface area (Å²) in [5, 5.41) is 5.03. The molecule has 0 fully saturated rings. The molecule has 4 aromatic carbocycles. The van der Waals surface area contributed by atoms with Crippen LogP contribution in [0.3, 0.4) is 0 Å². The number of fused-ring (bicyclic) bond motifs is 2. The Bertz CT molecular complexity index is 2030. The molecule has 2 aliphatic carbocycles. The highest BCUT2D eigenvalue weighted by molar-refractivity contribution is 7.91. The number of para-hydroxylation sites is 4. The molecule has 12 nitrogen and oxygen atoms in total. The van der Waals surface area contributed by atoms with Gasteiger partial charge in [-0.05, 0) is 60.7 Å². The summed E-state index contributed by atoms with van der Waals surface area (Å²) in [7, 11) is -1.63. The zero-order valence-corrected chi connectivity index (χ0v) is 25.5.